The van der Waals surface area contributed by atoms with Gasteiger partial charge in [0, 0.05) is 11.1 Å². The Hall–Kier alpha value is -0.0800. The molecular formula is C15H30N2. The van der Waals surface area contributed by atoms with Crippen LogP contribution in [-0.2, 0) is 0 Å². The molecule has 2 fully saturated rings. The van der Waals surface area contributed by atoms with Crippen molar-refractivity contribution in [3.63, 3.8) is 0 Å². The fraction of sp³-hybridized carbons (Fsp3) is 1.00. The summed E-state index contributed by atoms with van der Waals surface area (Å²) in [5, 5.41) is 0. The molecule has 0 N–H and O–H groups in total. The van der Waals surface area contributed by atoms with Crippen LogP contribution < -0.4 is 0 Å². The van der Waals surface area contributed by atoms with Gasteiger partial charge in [0.05, 0.1) is 0 Å². The van der Waals surface area contributed by atoms with Crippen LogP contribution in [0.4, 0.5) is 0 Å². The summed E-state index contributed by atoms with van der Waals surface area (Å²) >= 11 is 0. The Bertz CT molecular complexity index is 220. The van der Waals surface area contributed by atoms with Crippen molar-refractivity contribution in [1.82, 2.24) is 9.80 Å². The molecule has 0 bridgehead atoms. The van der Waals surface area contributed by atoms with E-state index >= 15 is 0 Å². The zero-order valence-electron chi connectivity index (χ0n) is 12.3. The maximum Gasteiger partial charge on any atom is 0.0170 e. The Balaban J connectivity index is 1.97. The number of rotatable bonds is 4. The standard InChI is InChI=1S/C15H30N2/c1-14(2,16-9-5-6-10-16)13-15(3,4)17-11-7-8-12-17/h5-13H2,1-4H3. The molecule has 0 amide bonds. The van der Waals surface area contributed by atoms with Crippen molar-refractivity contribution in [2.24, 2.45) is 0 Å². The van der Waals surface area contributed by atoms with Crippen molar-refractivity contribution in [3.05, 3.63) is 0 Å². The lowest BCUT2D eigenvalue weighted by molar-refractivity contribution is 0.0544. The lowest BCUT2D eigenvalue weighted by Crippen LogP contribution is -2.52. The molecule has 2 rings (SSSR count). The van der Waals surface area contributed by atoms with Crippen LogP contribution in [0.3, 0.4) is 0 Å². The molecule has 0 aliphatic carbocycles. The highest BCUT2D eigenvalue weighted by molar-refractivity contribution is 4.95. The van der Waals surface area contributed by atoms with Crippen LogP contribution in [0.1, 0.15) is 59.8 Å². The third-order valence-corrected chi connectivity index (χ3v) is 4.79. The van der Waals surface area contributed by atoms with Crippen LogP contribution in [0, 0.1) is 0 Å². The highest BCUT2D eigenvalue weighted by Crippen LogP contribution is 2.33. The van der Waals surface area contributed by atoms with E-state index in [1.54, 1.807) is 0 Å². The molecule has 17 heavy (non-hydrogen) atoms. The number of hydrogen-bond donors (Lipinski definition) is 0. The minimum atomic E-state index is 0.364. The van der Waals surface area contributed by atoms with E-state index in [2.05, 4.69) is 37.5 Å². The molecule has 2 aliphatic heterocycles. The minimum Gasteiger partial charge on any atom is -0.298 e. The second-order valence-electron chi connectivity index (χ2n) is 7.19. The van der Waals surface area contributed by atoms with Crippen molar-refractivity contribution in [3.8, 4) is 0 Å². The van der Waals surface area contributed by atoms with E-state index in [9.17, 15) is 0 Å². The first kappa shape index (κ1) is 13.4. The molecule has 100 valence electrons. The van der Waals surface area contributed by atoms with Gasteiger partial charge in [-0.1, -0.05) is 0 Å². The quantitative estimate of drug-likeness (QED) is 0.742. The molecule has 0 aromatic rings. The molecule has 0 aromatic carbocycles. The second kappa shape index (κ2) is 4.89. The third-order valence-electron chi connectivity index (χ3n) is 4.79. The maximum absolute atomic E-state index is 2.70. The zero-order chi connectivity index (χ0) is 12.5. The predicted molar refractivity (Wildman–Crippen MR) is 74.4 cm³/mol. The summed E-state index contributed by atoms with van der Waals surface area (Å²) in [6.45, 7) is 15.0. The van der Waals surface area contributed by atoms with Crippen LogP contribution >= 0.6 is 0 Å². The predicted octanol–water partition coefficient (Wildman–Crippen LogP) is 3.13. The van der Waals surface area contributed by atoms with Gasteiger partial charge in [0.15, 0.2) is 0 Å². The van der Waals surface area contributed by atoms with Gasteiger partial charge in [-0.15, -0.1) is 0 Å². The molecule has 2 heterocycles. The van der Waals surface area contributed by atoms with Crippen molar-refractivity contribution in [2.75, 3.05) is 26.2 Å². The molecule has 2 nitrogen and oxygen atoms in total. The molecule has 0 saturated carbocycles. The van der Waals surface area contributed by atoms with Crippen LogP contribution in [0.15, 0.2) is 0 Å². The summed E-state index contributed by atoms with van der Waals surface area (Å²) in [7, 11) is 0. The van der Waals surface area contributed by atoms with E-state index < -0.39 is 0 Å². The molecular weight excluding hydrogens is 208 g/mol. The highest BCUT2D eigenvalue weighted by atomic mass is 15.2. The van der Waals surface area contributed by atoms with E-state index in [1.165, 1.54) is 58.3 Å². The average Bonchev–Trinajstić information content (AvgIpc) is 2.91. The third kappa shape index (κ3) is 3.03. The molecule has 2 heteroatoms. The smallest absolute Gasteiger partial charge is 0.0170 e. The Morgan fingerprint density at radius 2 is 0.941 bits per heavy atom. The normalized spacial score (nSPS) is 24.7. The second-order valence-corrected chi connectivity index (χ2v) is 7.19. The Morgan fingerprint density at radius 1 is 0.647 bits per heavy atom. The summed E-state index contributed by atoms with van der Waals surface area (Å²) < 4.78 is 0. The van der Waals surface area contributed by atoms with Gasteiger partial charge in [-0.2, -0.15) is 0 Å². The monoisotopic (exact) mass is 238 g/mol. The summed E-state index contributed by atoms with van der Waals surface area (Å²) in [4.78, 5) is 5.40. The lowest BCUT2D eigenvalue weighted by atomic mass is 9.84. The van der Waals surface area contributed by atoms with E-state index in [-0.39, 0.29) is 0 Å². The van der Waals surface area contributed by atoms with Gasteiger partial charge in [-0.05, 0) is 86.0 Å². The van der Waals surface area contributed by atoms with Crippen molar-refractivity contribution in [1.29, 1.82) is 0 Å². The number of hydrogen-bond acceptors (Lipinski definition) is 2. The Morgan fingerprint density at radius 3 is 1.24 bits per heavy atom. The zero-order valence-corrected chi connectivity index (χ0v) is 12.3. The van der Waals surface area contributed by atoms with Crippen LogP contribution in [0.5, 0.6) is 0 Å². The van der Waals surface area contributed by atoms with Gasteiger partial charge < -0.3 is 0 Å². The fourth-order valence-corrected chi connectivity index (χ4v) is 3.93. The van der Waals surface area contributed by atoms with Crippen LogP contribution in [0.2, 0.25) is 0 Å². The minimum absolute atomic E-state index is 0.364. The average molecular weight is 238 g/mol. The maximum atomic E-state index is 2.70. The summed E-state index contributed by atoms with van der Waals surface area (Å²) in [5.74, 6) is 0. The first-order valence-corrected chi connectivity index (χ1v) is 7.42. The molecule has 2 aliphatic rings. The van der Waals surface area contributed by atoms with Gasteiger partial charge in [-0.3, -0.25) is 9.80 Å². The van der Waals surface area contributed by atoms with Gasteiger partial charge in [0.2, 0.25) is 0 Å². The number of likely N-dealkylation sites (tertiary alicyclic amines) is 2. The van der Waals surface area contributed by atoms with E-state index in [4.69, 9.17) is 0 Å². The van der Waals surface area contributed by atoms with E-state index in [1.807, 2.05) is 0 Å². The van der Waals surface area contributed by atoms with Crippen LogP contribution in [-0.4, -0.2) is 47.1 Å². The SMILES string of the molecule is CC(C)(CC(C)(C)N1CCCC1)N1CCCC1. The molecule has 0 unspecified atom stereocenters. The Labute approximate surface area is 107 Å². The number of nitrogens with zero attached hydrogens (tertiary/aromatic N) is 2. The first-order valence-electron chi connectivity index (χ1n) is 7.42. The topological polar surface area (TPSA) is 6.48 Å². The van der Waals surface area contributed by atoms with Crippen molar-refractivity contribution in [2.45, 2.75) is 70.9 Å². The molecule has 2 saturated heterocycles. The highest BCUT2D eigenvalue weighted by Gasteiger charge is 2.38. The first-order chi connectivity index (χ1) is 7.92. The fourth-order valence-electron chi connectivity index (χ4n) is 3.93. The van der Waals surface area contributed by atoms with Gasteiger partial charge in [-0.25, -0.2) is 0 Å². The summed E-state index contributed by atoms with van der Waals surface area (Å²) in [5.41, 5.74) is 0.727. The van der Waals surface area contributed by atoms with E-state index in [0.29, 0.717) is 11.1 Å². The molecule has 0 aromatic heterocycles. The molecule has 0 radical (unpaired) electrons. The summed E-state index contributed by atoms with van der Waals surface area (Å²) in [6, 6.07) is 0. The van der Waals surface area contributed by atoms with Gasteiger partial charge >= 0.3 is 0 Å². The van der Waals surface area contributed by atoms with Gasteiger partial charge in [0.1, 0.15) is 0 Å². The van der Waals surface area contributed by atoms with Crippen molar-refractivity contribution >= 4 is 0 Å². The lowest BCUT2D eigenvalue weighted by Gasteiger charge is -2.45. The molecule has 0 spiro atoms. The van der Waals surface area contributed by atoms with E-state index in [0.717, 1.165) is 0 Å². The molecule has 0 atom stereocenters. The largest absolute Gasteiger partial charge is 0.298 e. The van der Waals surface area contributed by atoms with Crippen LogP contribution in [0.25, 0.3) is 0 Å². The van der Waals surface area contributed by atoms with Gasteiger partial charge in [0.25, 0.3) is 0 Å². The Kier molecular flexibility index (Phi) is 3.84. The van der Waals surface area contributed by atoms with Crippen molar-refractivity contribution < 1.29 is 0 Å². The summed E-state index contributed by atoms with van der Waals surface area (Å²) in [6.07, 6.45) is 6.88.